The topological polar surface area (TPSA) is 55.0 Å². The van der Waals surface area contributed by atoms with E-state index in [4.69, 9.17) is 5.73 Å². The Hall–Kier alpha value is -1.36. The Kier molecular flexibility index (Phi) is 2.48. The summed E-state index contributed by atoms with van der Waals surface area (Å²) in [5, 5.41) is 0. The molecule has 0 bridgehead atoms. The molecule has 2 rings (SSSR count). The molecule has 1 heterocycles. The van der Waals surface area contributed by atoms with Crippen molar-refractivity contribution in [3.05, 3.63) is 22.9 Å². The van der Waals surface area contributed by atoms with E-state index >= 15 is 0 Å². The number of fused-ring (bicyclic) bond motifs is 1. The lowest BCUT2D eigenvalue weighted by atomic mass is 10.2. The van der Waals surface area contributed by atoms with Crippen molar-refractivity contribution in [2.75, 3.05) is 24.7 Å². The fourth-order valence-corrected chi connectivity index (χ4v) is 2.10. The summed E-state index contributed by atoms with van der Waals surface area (Å²) in [6.45, 7) is 0. The summed E-state index contributed by atoms with van der Waals surface area (Å²) >= 11 is 3.43. The molecule has 0 aliphatic carbocycles. The zero-order chi connectivity index (χ0) is 11.0. The number of nitrogens with zero attached hydrogens (tertiary/aromatic N) is 3. The molecule has 1 aromatic heterocycles. The van der Waals surface area contributed by atoms with E-state index in [-0.39, 0.29) is 0 Å². The van der Waals surface area contributed by atoms with Crippen molar-refractivity contribution >= 4 is 38.3 Å². The highest BCUT2D eigenvalue weighted by Crippen LogP contribution is 2.33. The van der Waals surface area contributed by atoms with Gasteiger partial charge in [-0.3, -0.25) is 9.97 Å². The second-order valence-electron chi connectivity index (χ2n) is 3.44. The van der Waals surface area contributed by atoms with Crippen molar-refractivity contribution in [2.24, 2.45) is 0 Å². The van der Waals surface area contributed by atoms with E-state index in [2.05, 4.69) is 25.9 Å². The number of anilines is 2. The molecule has 0 saturated carbocycles. The van der Waals surface area contributed by atoms with E-state index in [1.165, 1.54) is 0 Å². The number of aromatic nitrogens is 2. The van der Waals surface area contributed by atoms with E-state index in [1.807, 2.05) is 25.1 Å². The Bertz CT molecular complexity index is 510. The average molecular weight is 267 g/mol. The Morgan fingerprint density at radius 3 is 2.40 bits per heavy atom. The van der Waals surface area contributed by atoms with E-state index in [9.17, 15) is 0 Å². The molecule has 5 heteroatoms. The molecule has 2 N–H and O–H groups in total. The molecular weight excluding hydrogens is 256 g/mol. The van der Waals surface area contributed by atoms with E-state index in [1.54, 1.807) is 12.4 Å². The normalized spacial score (nSPS) is 10.6. The first-order valence-electron chi connectivity index (χ1n) is 4.47. The molecule has 0 radical (unpaired) electrons. The van der Waals surface area contributed by atoms with Crippen LogP contribution in [0.1, 0.15) is 0 Å². The van der Waals surface area contributed by atoms with Crippen LogP contribution in [-0.2, 0) is 0 Å². The fraction of sp³-hybridized carbons (Fsp3) is 0.200. The van der Waals surface area contributed by atoms with Gasteiger partial charge < -0.3 is 10.6 Å². The van der Waals surface area contributed by atoms with Gasteiger partial charge in [0.25, 0.3) is 0 Å². The van der Waals surface area contributed by atoms with E-state index < -0.39 is 0 Å². The number of nitrogens with two attached hydrogens (primary N) is 1. The molecule has 0 aliphatic heterocycles. The van der Waals surface area contributed by atoms with Gasteiger partial charge in [-0.15, -0.1) is 0 Å². The minimum Gasteiger partial charge on any atom is -0.397 e. The van der Waals surface area contributed by atoms with Crippen LogP contribution in [0.2, 0.25) is 0 Å². The highest BCUT2D eigenvalue weighted by Gasteiger charge is 2.12. The smallest absolute Gasteiger partial charge is 0.115 e. The molecule has 15 heavy (non-hydrogen) atoms. The third-order valence-electron chi connectivity index (χ3n) is 2.15. The van der Waals surface area contributed by atoms with Gasteiger partial charge in [-0.25, -0.2) is 0 Å². The number of hydrogen-bond acceptors (Lipinski definition) is 4. The highest BCUT2D eigenvalue weighted by atomic mass is 79.9. The first-order chi connectivity index (χ1) is 7.11. The standard InChI is InChI=1S/C10H11BrN4/c1-15(2)10-7(12)5-6(11)8-9(10)14-4-3-13-8/h3-5H,12H2,1-2H3. The molecular formula is C10H11BrN4. The van der Waals surface area contributed by atoms with Gasteiger partial charge in [0.2, 0.25) is 0 Å². The third-order valence-corrected chi connectivity index (χ3v) is 2.76. The van der Waals surface area contributed by atoms with Crippen LogP contribution < -0.4 is 10.6 Å². The molecule has 1 aromatic carbocycles. The van der Waals surface area contributed by atoms with Crippen LogP contribution >= 0.6 is 15.9 Å². The minimum absolute atomic E-state index is 0.694. The van der Waals surface area contributed by atoms with Crippen LogP contribution in [0, 0.1) is 0 Å². The van der Waals surface area contributed by atoms with Crippen molar-refractivity contribution < 1.29 is 0 Å². The Morgan fingerprint density at radius 1 is 1.20 bits per heavy atom. The average Bonchev–Trinajstić information content (AvgIpc) is 2.17. The van der Waals surface area contributed by atoms with Crippen LogP contribution in [-0.4, -0.2) is 24.1 Å². The number of halogens is 1. The molecule has 4 nitrogen and oxygen atoms in total. The first-order valence-corrected chi connectivity index (χ1v) is 5.26. The number of benzene rings is 1. The van der Waals surface area contributed by atoms with Crippen molar-refractivity contribution in [2.45, 2.75) is 0 Å². The maximum absolute atomic E-state index is 5.95. The first kappa shape index (κ1) is 10.2. The summed E-state index contributed by atoms with van der Waals surface area (Å²) < 4.78 is 0.869. The molecule has 0 saturated heterocycles. The summed E-state index contributed by atoms with van der Waals surface area (Å²) in [5.74, 6) is 0. The number of rotatable bonds is 1. The monoisotopic (exact) mass is 266 g/mol. The van der Waals surface area contributed by atoms with E-state index in [0.717, 1.165) is 21.2 Å². The Balaban J connectivity index is 2.90. The summed E-state index contributed by atoms with van der Waals surface area (Å²) in [6.07, 6.45) is 3.34. The molecule has 0 atom stereocenters. The van der Waals surface area contributed by atoms with Crippen LogP contribution in [0.25, 0.3) is 11.0 Å². The van der Waals surface area contributed by atoms with Crippen molar-refractivity contribution in [1.82, 2.24) is 9.97 Å². The summed E-state index contributed by atoms with van der Waals surface area (Å²) in [4.78, 5) is 10.5. The SMILES string of the molecule is CN(C)c1c(N)cc(Br)c2nccnc12. The van der Waals surface area contributed by atoms with Gasteiger partial charge in [0, 0.05) is 31.0 Å². The maximum Gasteiger partial charge on any atom is 0.115 e. The Morgan fingerprint density at radius 2 is 1.80 bits per heavy atom. The van der Waals surface area contributed by atoms with Gasteiger partial charge in [0.05, 0.1) is 11.4 Å². The van der Waals surface area contributed by atoms with Gasteiger partial charge in [0.1, 0.15) is 11.0 Å². The van der Waals surface area contributed by atoms with Crippen LogP contribution in [0.4, 0.5) is 11.4 Å². The molecule has 0 fully saturated rings. The van der Waals surface area contributed by atoms with Crippen LogP contribution in [0.15, 0.2) is 22.9 Å². The maximum atomic E-state index is 5.95. The molecule has 2 aromatic rings. The molecule has 0 amide bonds. The quantitative estimate of drug-likeness (QED) is 0.803. The van der Waals surface area contributed by atoms with Gasteiger partial charge in [0.15, 0.2) is 0 Å². The second kappa shape index (κ2) is 3.66. The molecule has 0 spiro atoms. The Labute approximate surface area is 96.2 Å². The predicted molar refractivity (Wildman–Crippen MR) is 66.0 cm³/mol. The van der Waals surface area contributed by atoms with E-state index in [0.29, 0.717) is 5.69 Å². The van der Waals surface area contributed by atoms with Gasteiger partial charge in [-0.1, -0.05) is 0 Å². The zero-order valence-electron chi connectivity index (χ0n) is 8.53. The molecule has 0 unspecified atom stereocenters. The summed E-state index contributed by atoms with van der Waals surface area (Å²) in [7, 11) is 3.88. The predicted octanol–water partition coefficient (Wildman–Crippen LogP) is 2.04. The van der Waals surface area contributed by atoms with Gasteiger partial charge in [-0.05, 0) is 22.0 Å². The van der Waals surface area contributed by atoms with Crippen molar-refractivity contribution in [3.63, 3.8) is 0 Å². The van der Waals surface area contributed by atoms with Crippen LogP contribution in [0.3, 0.4) is 0 Å². The van der Waals surface area contributed by atoms with Crippen molar-refractivity contribution in [1.29, 1.82) is 0 Å². The lowest BCUT2D eigenvalue weighted by molar-refractivity contribution is 1.13. The molecule has 78 valence electrons. The van der Waals surface area contributed by atoms with Gasteiger partial charge >= 0.3 is 0 Å². The zero-order valence-corrected chi connectivity index (χ0v) is 10.1. The fourth-order valence-electron chi connectivity index (χ4n) is 1.57. The number of hydrogen-bond donors (Lipinski definition) is 1. The largest absolute Gasteiger partial charge is 0.397 e. The lowest BCUT2D eigenvalue weighted by Gasteiger charge is -2.17. The third kappa shape index (κ3) is 1.63. The van der Waals surface area contributed by atoms with Crippen molar-refractivity contribution in [3.8, 4) is 0 Å². The highest BCUT2D eigenvalue weighted by molar-refractivity contribution is 9.10. The summed E-state index contributed by atoms with van der Waals surface area (Å²) in [6, 6.07) is 1.85. The number of nitrogen functional groups attached to an aromatic ring is 1. The van der Waals surface area contributed by atoms with Crippen LogP contribution in [0.5, 0.6) is 0 Å². The summed E-state index contributed by atoms with van der Waals surface area (Å²) in [5.41, 5.74) is 9.19. The van der Waals surface area contributed by atoms with Gasteiger partial charge in [-0.2, -0.15) is 0 Å². The second-order valence-corrected chi connectivity index (χ2v) is 4.30. The lowest BCUT2D eigenvalue weighted by Crippen LogP contribution is -2.12. The molecule has 0 aliphatic rings. The minimum atomic E-state index is 0.694.